The van der Waals surface area contributed by atoms with Gasteiger partial charge in [-0.1, -0.05) is 18.6 Å². The van der Waals surface area contributed by atoms with Gasteiger partial charge < -0.3 is 15.0 Å². The molecule has 6 nitrogen and oxygen atoms in total. The van der Waals surface area contributed by atoms with Gasteiger partial charge in [0.05, 0.1) is 17.4 Å². The van der Waals surface area contributed by atoms with Gasteiger partial charge in [0, 0.05) is 32.3 Å². The average molecular weight is 490 g/mol. The molecule has 0 unspecified atom stereocenters. The van der Waals surface area contributed by atoms with Crippen LogP contribution in [0.5, 0.6) is 5.75 Å². The Labute approximate surface area is 205 Å². The van der Waals surface area contributed by atoms with Crippen LogP contribution in [0.25, 0.3) is 0 Å². The quantitative estimate of drug-likeness (QED) is 0.423. The SMILES string of the molecule is CC(=O)N(CCSCC(=O)NCCCOc1cccc(CN2CCCCC2)c1)c1cccs1. The lowest BCUT2D eigenvalue weighted by Crippen LogP contribution is -2.31. The van der Waals surface area contributed by atoms with Crippen LogP contribution in [-0.4, -0.2) is 61.0 Å². The molecule has 1 aromatic carbocycles. The van der Waals surface area contributed by atoms with E-state index in [1.165, 1.54) is 37.9 Å². The third-order valence-corrected chi connectivity index (χ3v) is 7.34. The van der Waals surface area contributed by atoms with Crippen molar-refractivity contribution < 1.29 is 14.3 Å². The Morgan fingerprint density at radius 3 is 2.79 bits per heavy atom. The van der Waals surface area contributed by atoms with E-state index in [1.807, 2.05) is 23.6 Å². The minimum atomic E-state index is 0.0222. The minimum Gasteiger partial charge on any atom is -0.494 e. The van der Waals surface area contributed by atoms with Crippen LogP contribution in [-0.2, 0) is 16.1 Å². The Morgan fingerprint density at radius 1 is 1.18 bits per heavy atom. The lowest BCUT2D eigenvalue weighted by atomic mass is 10.1. The Kier molecular flexibility index (Phi) is 11.1. The number of carbonyl (C=O) groups is 2. The largest absolute Gasteiger partial charge is 0.494 e. The zero-order chi connectivity index (χ0) is 23.3. The summed E-state index contributed by atoms with van der Waals surface area (Å²) in [6, 6.07) is 12.2. The number of hydrogen-bond acceptors (Lipinski definition) is 6. The molecule has 8 heteroatoms. The second-order valence-electron chi connectivity index (χ2n) is 8.21. The predicted molar refractivity (Wildman–Crippen MR) is 138 cm³/mol. The highest BCUT2D eigenvalue weighted by molar-refractivity contribution is 7.99. The number of carbonyl (C=O) groups excluding carboxylic acids is 2. The monoisotopic (exact) mass is 489 g/mol. The Morgan fingerprint density at radius 2 is 2.03 bits per heavy atom. The third kappa shape index (κ3) is 9.39. The van der Waals surface area contributed by atoms with E-state index < -0.39 is 0 Å². The summed E-state index contributed by atoms with van der Waals surface area (Å²) in [5.41, 5.74) is 1.29. The van der Waals surface area contributed by atoms with Gasteiger partial charge in [-0.3, -0.25) is 14.5 Å². The summed E-state index contributed by atoms with van der Waals surface area (Å²) in [6.07, 6.45) is 4.71. The van der Waals surface area contributed by atoms with Gasteiger partial charge in [0.2, 0.25) is 11.8 Å². The molecule has 1 N–H and O–H groups in total. The lowest BCUT2D eigenvalue weighted by molar-refractivity contribution is -0.118. The molecule has 0 atom stereocenters. The number of thiophene rings is 1. The van der Waals surface area contributed by atoms with E-state index >= 15 is 0 Å². The maximum atomic E-state index is 12.1. The third-order valence-electron chi connectivity index (χ3n) is 5.51. The van der Waals surface area contributed by atoms with Crippen molar-refractivity contribution in [3.63, 3.8) is 0 Å². The molecule has 1 aliphatic rings. The molecular formula is C25H35N3O3S2. The van der Waals surface area contributed by atoms with Crippen LogP contribution in [0.4, 0.5) is 5.00 Å². The number of piperidine rings is 1. The summed E-state index contributed by atoms with van der Waals surface area (Å²) in [5.74, 6) is 2.07. The van der Waals surface area contributed by atoms with Crippen molar-refractivity contribution in [3.8, 4) is 5.75 Å². The fraction of sp³-hybridized carbons (Fsp3) is 0.520. The number of likely N-dealkylation sites (tertiary alicyclic amines) is 1. The van der Waals surface area contributed by atoms with Gasteiger partial charge in [-0.2, -0.15) is 11.8 Å². The van der Waals surface area contributed by atoms with Crippen LogP contribution in [0.1, 0.15) is 38.2 Å². The second-order valence-corrected chi connectivity index (χ2v) is 10.2. The van der Waals surface area contributed by atoms with E-state index in [2.05, 4.69) is 28.4 Å². The summed E-state index contributed by atoms with van der Waals surface area (Å²) >= 11 is 3.09. The highest BCUT2D eigenvalue weighted by atomic mass is 32.2. The molecular weight excluding hydrogens is 454 g/mol. The van der Waals surface area contributed by atoms with Crippen LogP contribution in [0.15, 0.2) is 41.8 Å². The molecule has 0 aliphatic carbocycles. The molecule has 0 bridgehead atoms. The molecule has 2 heterocycles. The number of benzene rings is 1. The first-order chi connectivity index (χ1) is 16.1. The molecule has 180 valence electrons. The average Bonchev–Trinajstić information content (AvgIpc) is 3.34. The highest BCUT2D eigenvalue weighted by Gasteiger charge is 2.13. The Hall–Kier alpha value is -2.03. The van der Waals surface area contributed by atoms with Crippen LogP contribution >= 0.6 is 23.1 Å². The summed E-state index contributed by atoms with van der Waals surface area (Å²) in [4.78, 5) is 28.1. The van der Waals surface area contributed by atoms with E-state index in [-0.39, 0.29) is 11.8 Å². The molecule has 1 fully saturated rings. The van der Waals surface area contributed by atoms with E-state index in [4.69, 9.17) is 4.74 Å². The van der Waals surface area contributed by atoms with Crippen molar-refractivity contribution in [2.75, 3.05) is 49.2 Å². The zero-order valence-corrected chi connectivity index (χ0v) is 21.1. The Bertz CT molecular complexity index is 854. The first kappa shape index (κ1) is 25.6. The normalized spacial score (nSPS) is 14.1. The molecule has 1 saturated heterocycles. The van der Waals surface area contributed by atoms with E-state index in [0.717, 1.165) is 29.5 Å². The standard InChI is InChI=1S/C25H35N3O3S2/c1-21(29)28(25-10-6-16-33-25)14-17-32-20-24(30)26-11-7-15-31-23-9-5-8-22(18-23)19-27-12-3-2-4-13-27/h5-6,8-10,16,18H,2-4,7,11-15,17,19-20H2,1H3,(H,26,30). The van der Waals surface area contributed by atoms with E-state index in [0.29, 0.717) is 25.4 Å². The first-order valence-corrected chi connectivity index (χ1v) is 13.8. The van der Waals surface area contributed by atoms with Crippen molar-refractivity contribution in [1.82, 2.24) is 10.2 Å². The number of thioether (sulfide) groups is 1. The smallest absolute Gasteiger partial charge is 0.229 e. The maximum Gasteiger partial charge on any atom is 0.229 e. The van der Waals surface area contributed by atoms with Crippen molar-refractivity contribution in [2.45, 2.75) is 39.2 Å². The van der Waals surface area contributed by atoms with Gasteiger partial charge in [-0.05, 0) is 67.6 Å². The number of rotatable bonds is 13. The van der Waals surface area contributed by atoms with Gasteiger partial charge in [-0.15, -0.1) is 11.3 Å². The molecule has 1 aliphatic heterocycles. The van der Waals surface area contributed by atoms with Crippen molar-refractivity contribution in [2.24, 2.45) is 0 Å². The molecule has 2 amide bonds. The van der Waals surface area contributed by atoms with Gasteiger partial charge >= 0.3 is 0 Å². The molecule has 2 aromatic rings. The summed E-state index contributed by atoms with van der Waals surface area (Å²) in [6.45, 7) is 6.72. The number of nitrogens with one attached hydrogen (secondary N) is 1. The fourth-order valence-corrected chi connectivity index (χ4v) is 5.36. The number of hydrogen-bond donors (Lipinski definition) is 1. The van der Waals surface area contributed by atoms with Crippen LogP contribution in [0, 0.1) is 0 Å². The maximum absolute atomic E-state index is 12.1. The first-order valence-electron chi connectivity index (χ1n) is 11.7. The van der Waals surface area contributed by atoms with Crippen LogP contribution < -0.4 is 15.0 Å². The van der Waals surface area contributed by atoms with Gasteiger partial charge in [0.15, 0.2) is 0 Å². The number of nitrogens with zero attached hydrogens (tertiary/aromatic N) is 2. The van der Waals surface area contributed by atoms with Crippen molar-refractivity contribution in [1.29, 1.82) is 0 Å². The molecule has 0 spiro atoms. The number of amides is 2. The van der Waals surface area contributed by atoms with Crippen LogP contribution in [0.2, 0.25) is 0 Å². The molecule has 0 radical (unpaired) electrons. The minimum absolute atomic E-state index is 0.0222. The van der Waals surface area contributed by atoms with Gasteiger partial charge in [-0.25, -0.2) is 0 Å². The highest BCUT2D eigenvalue weighted by Crippen LogP contribution is 2.22. The molecule has 33 heavy (non-hydrogen) atoms. The van der Waals surface area contributed by atoms with Crippen molar-refractivity contribution >= 4 is 39.9 Å². The van der Waals surface area contributed by atoms with E-state index in [9.17, 15) is 9.59 Å². The topological polar surface area (TPSA) is 61.9 Å². The van der Waals surface area contributed by atoms with Gasteiger partial charge in [0.25, 0.3) is 0 Å². The lowest BCUT2D eigenvalue weighted by Gasteiger charge is -2.26. The van der Waals surface area contributed by atoms with Crippen LogP contribution in [0.3, 0.4) is 0 Å². The van der Waals surface area contributed by atoms with E-state index in [1.54, 1.807) is 34.9 Å². The zero-order valence-electron chi connectivity index (χ0n) is 19.5. The molecule has 3 rings (SSSR count). The summed E-state index contributed by atoms with van der Waals surface area (Å²) in [5, 5.41) is 5.86. The fourth-order valence-electron chi connectivity index (χ4n) is 3.82. The second kappa shape index (κ2) is 14.3. The molecule has 0 saturated carbocycles. The predicted octanol–water partition coefficient (Wildman–Crippen LogP) is 4.41. The van der Waals surface area contributed by atoms with Gasteiger partial charge in [0.1, 0.15) is 5.75 Å². The molecule has 1 aromatic heterocycles. The Balaban J connectivity index is 1.25. The number of anilines is 1. The number of ether oxygens (including phenoxy) is 1. The summed E-state index contributed by atoms with van der Waals surface area (Å²) in [7, 11) is 0. The summed E-state index contributed by atoms with van der Waals surface area (Å²) < 4.78 is 5.89. The van der Waals surface area contributed by atoms with Crippen molar-refractivity contribution in [3.05, 3.63) is 47.3 Å².